The Bertz CT molecular complexity index is 452. The zero-order chi connectivity index (χ0) is 13.2. The van der Waals surface area contributed by atoms with Gasteiger partial charge < -0.3 is 9.84 Å². The van der Waals surface area contributed by atoms with Crippen molar-refractivity contribution in [3.05, 3.63) is 27.7 Å². The Morgan fingerprint density at radius 2 is 2.11 bits per heavy atom. The average Bonchev–Trinajstić information content (AvgIpc) is 3.05. The molecular formula is C16H21BrO2. The monoisotopic (exact) mass is 324 g/mol. The molecule has 2 aliphatic rings. The zero-order valence-electron chi connectivity index (χ0n) is 11.2. The molecule has 1 atom stereocenters. The maximum atomic E-state index is 9.71. The summed E-state index contributed by atoms with van der Waals surface area (Å²) in [5.74, 6) is 2.17. The van der Waals surface area contributed by atoms with Crippen LogP contribution in [0, 0.1) is 11.8 Å². The molecule has 1 aromatic carbocycles. The summed E-state index contributed by atoms with van der Waals surface area (Å²) in [6.07, 6.45) is 7.17. The molecule has 1 unspecified atom stereocenters. The lowest BCUT2D eigenvalue weighted by Crippen LogP contribution is -2.19. The summed E-state index contributed by atoms with van der Waals surface area (Å²) in [5, 5.41) is 9.71. The van der Waals surface area contributed by atoms with E-state index in [1.807, 2.05) is 0 Å². The molecule has 1 heterocycles. The predicted octanol–water partition coefficient (Wildman–Crippen LogP) is 3.73. The van der Waals surface area contributed by atoms with E-state index < -0.39 is 0 Å². The second-order valence-corrected chi connectivity index (χ2v) is 6.76. The third-order valence-corrected chi connectivity index (χ3v) is 5.07. The van der Waals surface area contributed by atoms with E-state index in [0.717, 1.165) is 29.7 Å². The second-order valence-electron chi connectivity index (χ2n) is 5.84. The number of ether oxygens (including phenoxy) is 1. The summed E-state index contributed by atoms with van der Waals surface area (Å²) in [4.78, 5) is 0. The van der Waals surface area contributed by atoms with Crippen molar-refractivity contribution in [1.29, 1.82) is 0 Å². The molecule has 0 bridgehead atoms. The Morgan fingerprint density at radius 1 is 1.32 bits per heavy atom. The van der Waals surface area contributed by atoms with Crippen LogP contribution in [0.4, 0.5) is 0 Å². The summed E-state index contributed by atoms with van der Waals surface area (Å²) in [6.45, 7) is 1.10. The smallest absolute Gasteiger partial charge is 0.125 e. The molecule has 3 heteroatoms. The van der Waals surface area contributed by atoms with Crippen LogP contribution >= 0.6 is 15.9 Å². The van der Waals surface area contributed by atoms with Crippen LogP contribution < -0.4 is 4.74 Å². The highest BCUT2D eigenvalue weighted by molar-refractivity contribution is 9.10. The van der Waals surface area contributed by atoms with Gasteiger partial charge in [-0.25, -0.2) is 0 Å². The fourth-order valence-electron chi connectivity index (χ4n) is 3.59. The van der Waals surface area contributed by atoms with Gasteiger partial charge in [0.25, 0.3) is 0 Å². The first-order valence-corrected chi connectivity index (χ1v) is 8.12. The number of aliphatic hydroxyl groups is 1. The van der Waals surface area contributed by atoms with Crippen molar-refractivity contribution < 1.29 is 9.84 Å². The predicted molar refractivity (Wildman–Crippen MR) is 79.6 cm³/mol. The average molecular weight is 325 g/mol. The fourth-order valence-corrected chi connectivity index (χ4v) is 4.14. The van der Waals surface area contributed by atoms with Gasteiger partial charge in [0.2, 0.25) is 0 Å². The topological polar surface area (TPSA) is 29.5 Å². The van der Waals surface area contributed by atoms with E-state index in [1.54, 1.807) is 0 Å². The lowest BCUT2D eigenvalue weighted by molar-refractivity contribution is 0.175. The number of halogens is 1. The number of hydrogen-bond donors (Lipinski definition) is 1. The lowest BCUT2D eigenvalue weighted by Gasteiger charge is -2.22. The Kier molecular flexibility index (Phi) is 4.13. The summed E-state index contributed by atoms with van der Waals surface area (Å²) in [5.41, 5.74) is 2.58. The van der Waals surface area contributed by atoms with E-state index in [4.69, 9.17) is 4.74 Å². The van der Waals surface area contributed by atoms with Gasteiger partial charge in [0.15, 0.2) is 0 Å². The molecule has 0 spiro atoms. The Balaban J connectivity index is 1.81. The highest BCUT2D eigenvalue weighted by Crippen LogP contribution is 2.38. The van der Waals surface area contributed by atoms with Crippen LogP contribution in [0.3, 0.4) is 0 Å². The molecule has 0 radical (unpaired) electrons. The maximum absolute atomic E-state index is 9.71. The Labute approximate surface area is 123 Å². The summed E-state index contributed by atoms with van der Waals surface area (Å²) in [7, 11) is 0. The van der Waals surface area contributed by atoms with Gasteiger partial charge in [-0.2, -0.15) is 0 Å². The van der Waals surface area contributed by atoms with Gasteiger partial charge in [-0.1, -0.05) is 41.6 Å². The number of aliphatic hydroxyl groups excluding tert-OH is 1. The number of benzene rings is 1. The minimum Gasteiger partial charge on any atom is -0.493 e. The lowest BCUT2D eigenvalue weighted by atomic mass is 9.85. The third-order valence-electron chi connectivity index (χ3n) is 4.61. The van der Waals surface area contributed by atoms with Crippen molar-refractivity contribution in [3.8, 4) is 5.75 Å². The molecule has 0 saturated heterocycles. The van der Waals surface area contributed by atoms with Gasteiger partial charge >= 0.3 is 0 Å². The highest BCUT2D eigenvalue weighted by atomic mass is 79.9. The normalized spacial score (nSPS) is 20.3. The van der Waals surface area contributed by atoms with Crippen molar-refractivity contribution in [2.24, 2.45) is 11.8 Å². The molecule has 19 heavy (non-hydrogen) atoms. The fraction of sp³-hybridized carbons (Fsp3) is 0.625. The molecule has 104 valence electrons. The van der Waals surface area contributed by atoms with Crippen LogP contribution in [0.5, 0.6) is 5.75 Å². The molecule has 0 aromatic heterocycles. The van der Waals surface area contributed by atoms with Gasteiger partial charge in [0.05, 0.1) is 6.61 Å². The van der Waals surface area contributed by atoms with Crippen LogP contribution in [-0.2, 0) is 12.8 Å². The van der Waals surface area contributed by atoms with Crippen LogP contribution in [0.15, 0.2) is 16.6 Å². The van der Waals surface area contributed by atoms with E-state index in [1.165, 1.54) is 36.8 Å². The standard InChI is InChI=1S/C16H21BrO2/c17-15-8-12-5-6-19-16(12)13(9-15)7-14(10-18)11-3-1-2-4-11/h8-9,11,14,18H,1-7,10H2. The van der Waals surface area contributed by atoms with Crippen molar-refractivity contribution in [1.82, 2.24) is 0 Å². The summed E-state index contributed by atoms with van der Waals surface area (Å²) < 4.78 is 6.92. The number of fused-ring (bicyclic) bond motifs is 1. The number of rotatable bonds is 4. The van der Waals surface area contributed by atoms with Gasteiger partial charge in [-0.05, 0) is 41.5 Å². The Morgan fingerprint density at radius 3 is 2.84 bits per heavy atom. The maximum Gasteiger partial charge on any atom is 0.125 e. The van der Waals surface area contributed by atoms with E-state index in [2.05, 4.69) is 28.1 Å². The second kappa shape index (κ2) is 5.84. The van der Waals surface area contributed by atoms with Crippen LogP contribution in [0.2, 0.25) is 0 Å². The molecule has 1 fully saturated rings. The highest BCUT2D eigenvalue weighted by Gasteiger charge is 2.27. The van der Waals surface area contributed by atoms with E-state index in [9.17, 15) is 5.11 Å². The van der Waals surface area contributed by atoms with Crippen molar-refractivity contribution >= 4 is 15.9 Å². The molecule has 1 saturated carbocycles. The molecule has 0 amide bonds. The zero-order valence-corrected chi connectivity index (χ0v) is 12.8. The molecular weight excluding hydrogens is 304 g/mol. The van der Waals surface area contributed by atoms with Crippen molar-refractivity contribution in [2.75, 3.05) is 13.2 Å². The van der Waals surface area contributed by atoms with E-state index in [-0.39, 0.29) is 0 Å². The Hall–Kier alpha value is -0.540. The minimum atomic E-state index is 0.298. The summed E-state index contributed by atoms with van der Waals surface area (Å²) in [6, 6.07) is 4.33. The quantitative estimate of drug-likeness (QED) is 0.914. The SMILES string of the molecule is OCC(Cc1cc(Br)cc2c1OCC2)C1CCCC1. The van der Waals surface area contributed by atoms with Gasteiger partial charge in [0.1, 0.15) is 5.75 Å². The summed E-state index contributed by atoms with van der Waals surface area (Å²) >= 11 is 3.59. The van der Waals surface area contributed by atoms with Crippen LogP contribution in [-0.4, -0.2) is 18.3 Å². The van der Waals surface area contributed by atoms with Crippen molar-refractivity contribution in [2.45, 2.75) is 38.5 Å². The van der Waals surface area contributed by atoms with Crippen molar-refractivity contribution in [3.63, 3.8) is 0 Å². The minimum absolute atomic E-state index is 0.298. The largest absolute Gasteiger partial charge is 0.493 e. The first kappa shape index (κ1) is 13.4. The molecule has 2 nitrogen and oxygen atoms in total. The molecule has 3 rings (SSSR count). The van der Waals surface area contributed by atoms with Crippen LogP contribution in [0.1, 0.15) is 36.8 Å². The van der Waals surface area contributed by atoms with Gasteiger partial charge in [-0.3, -0.25) is 0 Å². The number of hydrogen-bond acceptors (Lipinski definition) is 2. The third kappa shape index (κ3) is 2.82. The van der Waals surface area contributed by atoms with Gasteiger partial charge in [-0.15, -0.1) is 0 Å². The van der Waals surface area contributed by atoms with Gasteiger partial charge in [0, 0.05) is 17.5 Å². The van der Waals surface area contributed by atoms with E-state index >= 15 is 0 Å². The van der Waals surface area contributed by atoms with E-state index in [0.29, 0.717) is 18.4 Å². The van der Waals surface area contributed by atoms with Crippen LogP contribution in [0.25, 0.3) is 0 Å². The first-order chi connectivity index (χ1) is 9.28. The first-order valence-electron chi connectivity index (χ1n) is 7.33. The molecule has 1 N–H and O–H groups in total. The molecule has 1 aromatic rings. The molecule has 1 aliphatic carbocycles. The molecule has 1 aliphatic heterocycles.